The van der Waals surface area contributed by atoms with E-state index < -0.39 is 0 Å². The fourth-order valence-electron chi connectivity index (χ4n) is 1.78. The van der Waals surface area contributed by atoms with Crippen LogP contribution in [0.15, 0.2) is 36.4 Å². The first-order valence-corrected chi connectivity index (χ1v) is 5.42. The van der Waals surface area contributed by atoms with Gasteiger partial charge in [0.2, 0.25) is 0 Å². The number of aromatic amines is 1. The van der Waals surface area contributed by atoms with Crippen LogP contribution in [0.25, 0.3) is 10.9 Å². The van der Waals surface area contributed by atoms with Crippen LogP contribution in [-0.2, 0) is 0 Å². The first-order chi connectivity index (χ1) is 8.09. The average Bonchev–Trinajstić information content (AvgIpc) is 2.70. The fourth-order valence-corrected chi connectivity index (χ4v) is 1.78. The molecule has 1 heterocycles. The predicted molar refractivity (Wildman–Crippen MR) is 67.9 cm³/mol. The van der Waals surface area contributed by atoms with Gasteiger partial charge in [0.25, 0.3) is 5.91 Å². The second-order valence-electron chi connectivity index (χ2n) is 4.24. The molecule has 0 fully saturated rings. The molecule has 88 valence electrons. The molecule has 4 nitrogen and oxygen atoms in total. The number of benzene rings is 1. The summed E-state index contributed by atoms with van der Waals surface area (Å²) in [7, 11) is 1.75. The van der Waals surface area contributed by atoms with Crippen LogP contribution < -0.4 is 0 Å². The molecule has 0 saturated heterocycles. The van der Waals surface area contributed by atoms with E-state index in [1.54, 1.807) is 11.9 Å². The monoisotopic (exact) mass is 229 g/mol. The van der Waals surface area contributed by atoms with Crippen LogP contribution in [0.1, 0.15) is 17.4 Å². The van der Waals surface area contributed by atoms with Crippen molar-refractivity contribution in [2.45, 2.75) is 6.92 Å². The van der Waals surface area contributed by atoms with E-state index in [9.17, 15) is 4.79 Å². The SMILES string of the molecule is C=C(C)CN(C)C(=O)c1n[nH]c2ccccc12. The lowest BCUT2D eigenvalue weighted by atomic mass is 10.2. The second kappa shape index (κ2) is 4.41. The number of nitrogens with one attached hydrogen (secondary N) is 1. The van der Waals surface area contributed by atoms with Crippen LogP contribution in [-0.4, -0.2) is 34.6 Å². The average molecular weight is 229 g/mol. The van der Waals surface area contributed by atoms with Crippen molar-refractivity contribution < 1.29 is 4.79 Å². The molecule has 0 radical (unpaired) electrons. The predicted octanol–water partition coefficient (Wildman–Crippen LogP) is 2.21. The van der Waals surface area contributed by atoms with E-state index in [1.807, 2.05) is 31.2 Å². The molecule has 1 amide bonds. The highest BCUT2D eigenvalue weighted by Gasteiger charge is 2.17. The molecular formula is C13H15N3O. The van der Waals surface area contributed by atoms with Crippen LogP contribution in [0.3, 0.4) is 0 Å². The zero-order valence-electron chi connectivity index (χ0n) is 10.0. The van der Waals surface area contributed by atoms with E-state index >= 15 is 0 Å². The number of carbonyl (C=O) groups excluding carboxylic acids is 1. The fraction of sp³-hybridized carbons (Fsp3) is 0.231. The lowest BCUT2D eigenvalue weighted by Gasteiger charge is -2.15. The van der Waals surface area contributed by atoms with E-state index in [4.69, 9.17) is 0 Å². The van der Waals surface area contributed by atoms with Gasteiger partial charge in [0.1, 0.15) is 0 Å². The third-order valence-corrected chi connectivity index (χ3v) is 2.53. The number of hydrogen-bond donors (Lipinski definition) is 1. The normalized spacial score (nSPS) is 10.5. The number of H-pyrrole nitrogens is 1. The number of carbonyl (C=O) groups is 1. The maximum absolute atomic E-state index is 12.2. The Morgan fingerprint density at radius 1 is 1.47 bits per heavy atom. The van der Waals surface area contributed by atoms with Crippen molar-refractivity contribution in [3.63, 3.8) is 0 Å². The molecule has 0 spiro atoms. The van der Waals surface area contributed by atoms with Gasteiger partial charge in [-0.2, -0.15) is 5.10 Å². The summed E-state index contributed by atoms with van der Waals surface area (Å²) < 4.78 is 0. The summed E-state index contributed by atoms with van der Waals surface area (Å²) in [5.41, 5.74) is 2.28. The molecule has 1 aromatic heterocycles. The first-order valence-electron chi connectivity index (χ1n) is 5.42. The van der Waals surface area contributed by atoms with Gasteiger partial charge >= 0.3 is 0 Å². The molecule has 0 aliphatic heterocycles. The Labute approximate surface area is 99.9 Å². The number of hydrogen-bond acceptors (Lipinski definition) is 2. The Morgan fingerprint density at radius 2 is 2.18 bits per heavy atom. The number of nitrogens with zero attached hydrogens (tertiary/aromatic N) is 2. The lowest BCUT2D eigenvalue weighted by Crippen LogP contribution is -2.28. The van der Waals surface area contributed by atoms with E-state index in [0.29, 0.717) is 12.2 Å². The highest BCUT2D eigenvalue weighted by molar-refractivity contribution is 6.04. The molecule has 2 aromatic rings. The van der Waals surface area contributed by atoms with Crippen LogP contribution >= 0.6 is 0 Å². The quantitative estimate of drug-likeness (QED) is 0.820. The van der Waals surface area contributed by atoms with Gasteiger partial charge in [-0.25, -0.2) is 0 Å². The molecule has 0 saturated carbocycles. The molecule has 17 heavy (non-hydrogen) atoms. The van der Waals surface area contributed by atoms with Crippen molar-refractivity contribution in [1.82, 2.24) is 15.1 Å². The highest BCUT2D eigenvalue weighted by atomic mass is 16.2. The smallest absolute Gasteiger partial charge is 0.275 e. The van der Waals surface area contributed by atoms with Crippen molar-refractivity contribution >= 4 is 16.8 Å². The Bertz CT molecular complexity index is 571. The van der Waals surface area contributed by atoms with Gasteiger partial charge in [0.05, 0.1) is 5.52 Å². The van der Waals surface area contributed by atoms with Crippen molar-refractivity contribution in [1.29, 1.82) is 0 Å². The third-order valence-electron chi connectivity index (χ3n) is 2.53. The van der Waals surface area contributed by atoms with E-state index in [2.05, 4.69) is 16.8 Å². The molecule has 2 rings (SSSR count). The molecule has 1 N–H and O–H groups in total. The number of likely N-dealkylation sites (N-methyl/N-ethyl adjacent to an activating group) is 1. The molecule has 0 aliphatic carbocycles. The Morgan fingerprint density at radius 3 is 2.88 bits per heavy atom. The molecule has 0 atom stereocenters. The summed E-state index contributed by atoms with van der Waals surface area (Å²) in [5, 5.41) is 7.79. The summed E-state index contributed by atoms with van der Waals surface area (Å²) in [6.07, 6.45) is 0. The maximum atomic E-state index is 12.2. The van der Waals surface area contributed by atoms with Gasteiger partial charge in [0, 0.05) is 19.0 Å². The summed E-state index contributed by atoms with van der Waals surface area (Å²) >= 11 is 0. The second-order valence-corrected chi connectivity index (χ2v) is 4.24. The van der Waals surface area contributed by atoms with Gasteiger partial charge in [0.15, 0.2) is 5.69 Å². The molecule has 0 bridgehead atoms. The van der Waals surface area contributed by atoms with E-state index in [-0.39, 0.29) is 5.91 Å². The molecule has 0 unspecified atom stereocenters. The summed E-state index contributed by atoms with van der Waals surface area (Å²) in [5.74, 6) is -0.0922. The van der Waals surface area contributed by atoms with Gasteiger partial charge in [-0.1, -0.05) is 30.4 Å². The molecular weight excluding hydrogens is 214 g/mol. The van der Waals surface area contributed by atoms with Crippen LogP contribution in [0.2, 0.25) is 0 Å². The van der Waals surface area contributed by atoms with Gasteiger partial charge in [-0.3, -0.25) is 9.89 Å². The Kier molecular flexibility index (Phi) is 2.95. The lowest BCUT2D eigenvalue weighted by molar-refractivity contribution is 0.0803. The number of para-hydroxylation sites is 1. The topological polar surface area (TPSA) is 49.0 Å². The van der Waals surface area contributed by atoms with Crippen LogP contribution in [0.5, 0.6) is 0 Å². The number of rotatable bonds is 3. The van der Waals surface area contributed by atoms with Crippen molar-refractivity contribution in [2.75, 3.05) is 13.6 Å². The number of aromatic nitrogens is 2. The molecule has 4 heteroatoms. The van der Waals surface area contributed by atoms with Crippen molar-refractivity contribution in [3.8, 4) is 0 Å². The summed E-state index contributed by atoms with van der Waals surface area (Å²) in [4.78, 5) is 13.8. The maximum Gasteiger partial charge on any atom is 0.275 e. The first kappa shape index (κ1) is 11.4. The highest BCUT2D eigenvalue weighted by Crippen LogP contribution is 2.16. The Balaban J connectivity index is 2.33. The summed E-state index contributed by atoms with van der Waals surface area (Å²) in [6, 6.07) is 7.60. The summed E-state index contributed by atoms with van der Waals surface area (Å²) in [6.45, 7) is 6.24. The third kappa shape index (κ3) is 2.20. The number of fused-ring (bicyclic) bond motifs is 1. The molecule has 1 aromatic carbocycles. The standard InChI is InChI=1S/C13H15N3O/c1-9(2)8-16(3)13(17)12-10-6-4-5-7-11(10)14-15-12/h4-7H,1,8H2,2-3H3,(H,14,15). The molecule has 0 aliphatic rings. The van der Waals surface area contributed by atoms with E-state index in [0.717, 1.165) is 16.5 Å². The Hall–Kier alpha value is -2.10. The van der Waals surface area contributed by atoms with Gasteiger partial charge in [-0.15, -0.1) is 0 Å². The minimum absolute atomic E-state index is 0.0922. The van der Waals surface area contributed by atoms with Crippen LogP contribution in [0, 0.1) is 0 Å². The minimum Gasteiger partial charge on any atom is -0.336 e. The van der Waals surface area contributed by atoms with Gasteiger partial charge < -0.3 is 4.90 Å². The van der Waals surface area contributed by atoms with Crippen molar-refractivity contribution in [2.24, 2.45) is 0 Å². The minimum atomic E-state index is -0.0922. The van der Waals surface area contributed by atoms with Crippen molar-refractivity contribution in [3.05, 3.63) is 42.1 Å². The van der Waals surface area contributed by atoms with Crippen LogP contribution in [0.4, 0.5) is 0 Å². The zero-order valence-corrected chi connectivity index (χ0v) is 10.0. The van der Waals surface area contributed by atoms with Gasteiger partial charge in [-0.05, 0) is 13.0 Å². The largest absolute Gasteiger partial charge is 0.336 e. The zero-order chi connectivity index (χ0) is 12.4. The van der Waals surface area contributed by atoms with E-state index in [1.165, 1.54) is 0 Å². The number of amides is 1.